The van der Waals surface area contributed by atoms with Crippen LogP contribution >= 0.6 is 0 Å². The fourth-order valence-corrected chi connectivity index (χ4v) is 3.84. The molecule has 7 heteroatoms. The van der Waals surface area contributed by atoms with Crippen molar-refractivity contribution < 1.29 is 9.59 Å². The molecule has 7 nitrogen and oxygen atoms in total. The number of piperidine rings is 1. The van der Waals surface area contributed by atoms with Crippen molar-refractivity contribution in [2.75, 3.05) is 20.1 Å². The number of nitrogens with one attached hydrogen (secondary N) is 3. The van der Waals surface area contributed by atoms with E-state index in [9.17, 15) is 9.59 Å². The summed E-state index contributed by atoms with van der Waals surface area (Å²) in [6.45, 7) is 0.939. The average molecular weight is 315 g/mol. The first-order valence-electron chi connectivity index (χ1n) is 8.01. The summed E-state index contributed by atoms with van der Waals surface area (Å²) in [7, 11) is 1.54. The topological polar surface area (TPSA) is 76.7 Å². The summed E-state index contributed by atoms with van der Waals surface area (Å²) < 4.78 is 0. The van der Waals surface area contributed by atoms with Crippen molar-refractivity contribution >= 4 is 11.9 Å². The van der Waals surface area contributed by atoms with Crippen LogP contribution in [0, 0.1) is 5.92 Å². The largest absolute Gasteiger partial charge is 0.328 e. The van der Waals surface area contributed by atoms with Gasteiger partial charge in [0.05, 0.1) is 12.2 Å². The van der Waals surface area contributed by atoms with E-state index < -0.39 is 0 Å². The van der Waals surface area contributed by atoms with Gasteiger partial charge in [-0.05, 0) is 12.0 Å². The zero-order valence-corrected chi connectivity index (χ0v) is 13.0. The number of likely N-dealkylation sites (N-methyl/N-ethyl adjacent to an activating group) is 1. The second kappa shape index (κ2) is 5.59. The molecular formula is C16H21N5O2. The van der Waals surface area contributed by atoms with Gasteiger partial charge in [-0.2, -0.15) is 0 Å². The Hall–Kier alpha value is -1.96. The number of hydrogen-bond donors (Lipinski definition) is 3. The Kier molecular flexibility index (Phi) is 3.56. The Morgan fingerprint density at radius 3 is 2.61 bits per heavy atom. The first-order chi connectivity index (χ1) is 11.1. The van der Waals surface area contributed by atoms with Crippen LogP contribution in [0.4, 0.5) is 4.79 Å². The van der Waals surface area contributed by atoms with E-state index in [2.05, 4.69) is 28.3 Å². The molecule has 3 saturated heterocycles. The van der Waals surface area contributed by atoms with Crippen molar-refractivity contribution in [1.29, 1.82) is 0 Å². The molecule has 3 amide bonds. The summed E-state index contributed by atoms with van der Waals surface area (Å²) in [6, 6.07) is 10.7. The first-order valence-corrected chi connectivity index (χ1v) is 8.01. The van der Waals surface area contributed by atoms with E-state index in [4.69, 9.17) is 0 Å². The Labute approximate surface area is 135 Å². The van der Waals surface area contributed by atoms with Gasteiger partial charge in [-0.3, -0.25) is 25.3 Å². The normalized spacial score (nSPS) is 34.1. The number of urea groups is 1. The highest BCUT2D eigenvalue weighted by molar-refractivity contribution is 6.01. The molecule has 23 heavy (non-hydrogen) atoms. The van der Waals surface area contributed by atoms with Crippen LogP contribution < -0.4 is 16.2 Å². The average Bonchev–Trinajstić information content (AvgIpc) is 3.12. The number of amides is 3. The summed E-state index contributed by atoms with van der Waals surface area (Å²) in [5.41, 5.74) is 7.98. The zero-order chi connectivity index (χ0) is 16.0. The van der Waals surface area contributed by atoms with Gasteiger partial charge >= 0.3 is 6.03 Å². The number of fused-ring (bicyclic) bond motifs is 1. The third kappa shape index (κ3) is 2.41. The number of rotatable bonds is 2. The third-order valence-electron chi connectivity index (χ3n) is 5.19. The highest BCUT2D eigenvalue weighted by atomic mass is 16.2. The van der Waals surface area contributed by atoms with E-state index in [-0.39, 0.29) is 30.7 Å². The van der Waals surface area contributed by atoms with Gasteiger partial charge in [0.15, 0.2) is 0 Å². The van der Waals surface area contributed by atoms with Crippen molar-refractivity contribution in [1.82, 2.24) is 26.0 Å². The van der Waals surface area contributed by atoms with Crippen molar-refractivity contribution in [2.24, 2.45) is 5.92 Å². The molecule has 4 unspecified atom stereocenters. The predicted molar refractivity (Wildman–Crippen MR) is 84.0 cm³/mol. The fraction of sp³-hybridized carbons (Fsp3) is 0.500. The minimum absolute atomic E-state index is 0.0921. The maximum atomic E-state index is 12.2. The Morgan fingerprint density at radius 2 is 1.91 bits per heavy atom. The minimum Gasteiger partial charge on any atom is -0.299 e. The first kappa shape index (κ1) is 14.6. The zero-order valence-electron chi connectivity index (χ0n) is 13.0. The molecule has 4 rings (SSSR count). The number of imide groups is 1. The van der Waals surface area contributed by atoms with Gasteiger partial charge in [-0.25, -0.2) is 10.2 Å². The molecule has 0 bridgehead atoms. The second-order valence-corrected chi connectivity index (χ2v) is 6.47. The van der Waals surface area contributed by atoms with Crippen LogP contribution in [0.3, 0.4) is 0 Å². The maximum Gasteiger partial charge on any atom is 0.328 e. The summed E-state index contributed by atoms with van der Waals surface area (Å²) in [6.07, 6.45) is 0.724. The van der Waals surface area contributed by atoms with Gasteiger partial charge in [-0.1, -0.05) is 30.3 Å². The Bertz CT molecular complexity index is 622. The number of carbonyl (C=O) groups excluding carboxylic acids is 2. The van der Waals surface area contributed by atoms with Crippen molar-refractivity contribution in [3.05, 3.63) is 35.9 Å². The molecule has 3 aliphatic heterocycles. The molecule has 0 aromatic heterocycles. The molecular weight excluding hydrogens is 294 g/mol. The molecule has 3 N–H and O–H groups in total. The highest BCUT2D eigenvalue weighted by Gasteiger charge is 2.45. The molecule has 1 aromatic carbocycles. The van der Waals surface area contributed by atoms with Crippen LogP contribution in [0.1, 0.15) is 18.0 Å². The van der Waals surface area contributed by atoms with Gasteiger partial charge in [0, 0.05) is 25.6 Å². The summed E-state index contributed by atoms with van der Waals surface area (Å²) in [5.74, 6) is 0.235. The van der Waals surface area contributed by atoms with Crippen LogP contribution in [-0.2, 0) is 4.79 Å². The van der Waals surface area contributed by atoms with Gasteiger partial charge < -0.3 is 0 Å². The summed E-state index contributed by atoms with van der Waals surface area (Å²) in [5, 5.41) is 3.40. The third-order valence-corrected chi connectivity index (χ3v) is 5.19. The molecule has 3 heterocycles. The lowest BCUT2D eigenvalue weighted by molar-refractivity contribution is -0.124. The van der Waals surface area contributed by atoms with E-state index in [1.54, 1.807) is 11.9 Å². The van der Waals surface area contributed by atoms with Gasteiger partial charge in [-0.15, -0.1) is 0 Å². The summed E-state index contributed by atoms with van der Waals surface area (Å²) >= 11 is 0. The number of benzene rings is 1. The fourth-order valence-electron chi connectivity index (χ4n) is 3.84. The lowest BCUT2D eigenvalue weighted by Crippen LogP contribution is -2.57. The van der Waals surface area contributed by atoms with E-state index >= 15 is 0 Å². The van der Waals surface area contributed by atoms with Crippen LogP contribution in [0.5, 0.6) is 0 Å². The standard InChI is InChI=1S/C16H21N5O2/c1-20-14(22)9-21(16(20)23)13-7-11-12(8-17-13)18-19-15(11)10-5-3-2-4-6-10/h2-6,11-13,15,17-19H,7-9H2,1H3. The SMILES string of the molecule is CN1C(=O)CN(C2CC3C(CN2)NNC3c2ccccc2)C1=O. The van der Waals surface area contributed by atoms with Gasteiger partial charge in [0.25, 0.3) is 0 Å². The maximum absolute atomic E-state index is 12.2. The molecule has 4 atom stereocenters. The van der Waals surface area contributed by atoms with E-state index in [0.29, 0.717) is 12.0 Å². The van der Waals surface area contributed by atoms with Crippen molar-refractivity contribution in [2.45, 2.75) is 24.7 Å². The molecule has 3 aliphatic rings. The van der Waals surface area contributed by atoms with E-state index in [1.165, 1.54) is 10.5 Å². The number of carbonyl (C=O) groups is 2. The van der Waals surface area contributed by atoms with Gasteiger partial charge in [0.2, 0.25) is 5.91 Å². The van der Waals surface area contributed by atoms with Crippen LogP contribution in [0.25, 0.3) is 0 Å². The Balaban J connectivity index is 1.52. The molecule has 122 valence electrons. The quantitative estimate of drug-likeness (QED) is 0.672. The smallest absolute Gasteiger partial charge is 0.299 e. The van der Waals surface area contributed by atoms with Crippen LogP contribution in [-0.4, -0.2) is 54.1 Å². The minimum atomic E-state index is -0.207. The molecule has 1 aromatic rings. The monoisotopic (exact) mass is 315 g/mol. The number of nitrogens with zero attached hydrogens (tertiary/aromatic N) is 2. The number of hydrazine groups is 1. The predicted octanol–water partition coefficient (Wildman–Crippen LogP) is 0.0337. The van der Waals surface area contributed by atoms with Crippen LogP contribution in [0.15, 0.2) is 30.3 Å². The molecule has 0 spiro atoms. The molecule has 3 fully saturated rings. The van der Waals surface area contributed by atoms with Gasteiger partial charge in [0.1, 0.15) is 6.54 Å². The molecule has 0 saturated carbocycles. The lowest BCUT2D eigenvalue weighted by Gasteiger charge is -2.38. The molecule has 0 aliphatic carbocycles. The number of hydrogen-bond acceptors (Lipinski definition) is 5. The van der Waals surface area contributed by atoms with E-state index in [1.807, 2.05) is 18.2 Å². The highest BCUT2D eigenvalue weighted by Crippen LogP contribution is 2.35. The Morgan fingerprint density at radius 1 is 1.13 bits per heavy atom. The van der Waals surface area contributed by atoms with Crippen molar-refractivity contribution in [3.8, 4) is 0 Å². The summed E-state index contributed by atoms with van der Waals surface area (Å²) in [4.78, 5) is 26.8. The van der Waals surface area contributed by atoms with E-state index in [0.717, 1.165) is 13.0 Å². The van der Waals surface area contributed by atoms with Crippen LogP contribution in [0.2, 0.25) is 0 Å². The second-order valence-electron chi connectivity index (χ2n) is 6.47. The lowest BCUT2D eigenvalue weighted by atomic mass is 9.83. The van der Waals surface area contributed by atoms with Crippen molar-refractivity contribution in [3.63, 3.8) is 0 Å². The molecule has 0 radical (unpaired) electrons.